The van der Waals surface area contributed by atoms with E-state index in [1.54, 1.807) is 6.33 Å². The third-order valence-corrected chi connectivity index (χ3v) is 7.59. The average molecular weight is 470 g/mol. The molecule has 0 atom stereocenters. The van der Waals surface area contributed by atoms with E-state index in [-0.39, 0.29) is 6.85 Å². The molecule has 0 N–H and O–H groups in total. The van der Waals surface area contributed by atoms with E-state index >= 15 is 0 Å². The molecular formula is C30H15BN6. The summed E-state index contributed by atoms with van der Waals surface area (Å²) in [6, 6.07) is 31.1. The lowest BCUT2D eigenvalue weighted by Crippen LogP contribution is -2.53. The number of hydrogen-bond donors (Lipinski definition) is 0. The minimum absolute atomic E-state index is 0.256. The maximum Gasteiger partial charge on any atom is 0.332 e. The molecule has 0 saturated carbocycles. The van der Waals surface area contributed by atoms with Crippen molar-refractivity contribution in [1.29, 1.82) is 10.5 Å². The van der Waals surface area contributed by atoms with E-state index in [4.69, 9.17) is 0 Å². The molecule has 7 heteroatoms. The first-order valence-corrected chi connectivity index (χ1v) is 12.0. The van der Waals surface area contributed by atoms with Crippen LogP contribution in [0, 0.1) is 22.7 Å². The molecule has 1 aliphatic heterocycles. The molecule has 0 unspecified atom stereocenters. The van der Waals surface area contributed by atoms with Gasteiger partial charge >= 0.3 is 6.85 Å². The molecule has 0 amide bonds. The third kappa shape index (κ3) is 2.38. The number of benzene rings is 4. The summed E-state index contributed by atoms with van der Waals surface area (Å²) < 4.78 is 4.46. The van der Waals surface area contributed by atoms with Crippen molar-refractivity contribution in [2.45, 2.75) is 0 Å². The highest BCUT2D eigenvalue weighted by atomic mass is 15.0. The minimum Gasteiger partial charge on any atom is -0.374 e. The number of nitrogens with zero attached hydrogens (tertiary/aromatic N) is 6. The van der Waals surface area contributed by atoms with E-state index in [9.17, 15) is 10.5 Å². The second-order valence-electron chi connectivity index (χ2n) is 9.29. The zero-order valence-corrected chi connectivity index (χ0v) is 19.4. The second kappa shape index (κ2) is 7.07. The molecule has 3 aromatic heterocycles. The molecule has 0 aliphatic carbocycles. The van der Waals surface area contributed by atoms with Gasteiger partial charge in [0.15, 0.2) is 0 Å². The summed E-state index contributed by atoms with van der Waals surface area (Å²) in [4.78, 5) is 8.97. The van der Waals surface area contributed by atoms with Crippen LogP contribution in [0.1, 0.15) is 11.1 Å². The minimum atomic E-state index is -0.256. The molecule has 0 fully saturated rings. The van der Waals surface area contributed by atoms with Gasteiger partial charge < -0.3 is 9.05 Å². The van der Waals surface area contributed by atoms with Gasteiger partial charge in [0.2, 0.25) is 0 Å². The van der Waals surface area contributed by atoms with Crippen molar-refractivity contribution < 1.29 is 0 Å². The smallest absolute Gasteiger partial charge is 0.332 e. The summed E-state index contributed by atoms with van der Waals surface area (Å²) in [6.07, 6.45) is 3.46. The molecule has 0 spiro atoms. The van der Waals surface area contributed by atoms with Gasteiger partial charge in [-0.05, 0) is 29.1 Å². The van der Waals surface area contributed by atoms with E-state index in [0.717, 1.165) is 60.4 Å². The topological polar surface area (TPSA) is 83.2 Å². The summed E-state index contributed by atoms with van der Waals surface area (Å²) in [7, 11) is 0. The number of para-hydroxylation sites is 4. The van der Waals surface area contributed by atoms with Crippen LogP contribution in [0.4, 0.5) is 0 Å². The van der Waals surface area contributed by atoms with Gasteiger partial charge in [0.1, 0.15) is 18.5 Å². The molecule has 4 heterocycles. The fourth-order valence-corrected chi connectivity index (χ4v) is 6.25. The van der Waals surface area contributed by atoms with Crippen molar-refractivity contribution in [3.8, 4) is 17.8 Å². The molecule has 4 aromatic carbocycles. The van der Waals surface area contributed by atoms with Gasteiger partial charge in [-0.25, -0.2) is 9.97 Å². The number of fused-ring (bicyclic) bond motifs is 8. The maximum absolute atomic E-state index is 10.2. The van der Waals surface area contributed by atoms with E-state index in [2.05, 4.69) is 61.5 Å². The highest BCUT2D eigenvalue weighted by Gasteiger charge is 2.37. The Labute approximate surface area is 211 Å². The Morgan fingerprint density at radius 2 is 1.32 bits per heavy atom. The van der Waals surface area contributed by atoms with Crippen LogP contribution in [0.2, 0.25) is 0 Å². The van der Waals surface area contributed by atoms with Crippen LogP contribution in [0.3, 0.4) is 0 Å². The van der Waals surface area contributed by atoms with Crippen LogP contribution in [0.5, 0.6) is 0 Å². The predicted octanol–water partition coefficient (Wildman–Crippen LogP) is 4.39. The zero-order valence-electron chi connectivity index (χ0n) is 19.4. The fraction of sp³-hybridized carbons (Fsp3) is 0. The first-order valence-electron chi connectivity index (χ1n) is 12.0. The third-order valence-electron chi connectivity index (χ3n) is 7.59. The Bertz CT molecular complexity index is 2120. The van der Waals surface area contributed by atoms with E-state index in [1.807, 2.05) is 54.7 Å². The van der Waals surface area contributed by atoms with Gasteiger partial charge in [-0.2, -0.15) is 10.5 Å². The Balaban J connectivity index is 1.65. The Hall–Kier alpha value is -5.40. The summed E-state index contributed by atoms with van der Waals surface area (Å²) >= 11 is 0. The first-order chi connectivity index (χ1) is 18.3. The van der Waals surface area contributed by atoms with E-state index in [1.165, 1.54) is 0 Å². The number of aromatic nitrogens is 4. The Morgan fingerprint density at radius 3 is 2.05 bits per heavy atom. The van der Waals surface area contributed by atoms with Gasteiger partial charge in [0.05, 0.1) is 44.9 Å². The van der Waals surface area contributed by atoms with Crippen molar-refractivity contribution >= 4 is 61.5 Å². The molecule has 0 saturated heterocycles. The molecule has 8 rings (SSSR count). The van der Waals surface area contributed by atoms with Gasteiger partial charge in [-0.15, -0.1) is 0 Å². The highest BCUT2D eigenvalue weighted by molar-refractivity contribution is 6.88. The normalized spacial score (nSPS) is 12.2. The van der Waals surface area contributed by atoms with E-state index in [0.29, 0.717) is 11.1 Å². The average Bonchev–Trinajstić information content (AvgIpc) is 3.48. The van der Waals surface area contributed by atoms with Gasteiger partial charge in [-0.3, -0.25) is 0 Å². The second-order valence-corrected chi connectivity index (χ2v) is 9.29. The van der Waals surface area contributed by atoms with Gasteiger partial charge in [0, 0.05) is 21.8 Å². The van der Waals surface area contributed by atoms with Crippen molar-refractivity contribution in [3.05, 3.63) is 103 Å². The maximum atomic E-state index is 10.2. The highest BCUT2D eigenvalue weighted by Crippen LogP contribution is 2.36. The summed E-state index contributed by atoms with van der Waals surface area (Å²) in [5.41, 5.74) is 8.98. The lowest BCUT2D eigenvalue weighted by Gasteiger charge is -2.28. The molecule has 6 nitrogen and oxygen atoms in total. The molecule has 37 heavy (non-hydrogen) atoms. The monoisotopic (exact) mass is 470 g/mol. The number of hydrogen-bond acceptors (Lipinski definition) is 4. The molecule has 168 valence electrons. The first kappa shape index (κ1) is 19.9. The predicted molar refractivity (Wildman–Crippen MR) is 146 cm³/mol. The number of rotatable bonds is 1. The standard InChI is InChI=1S/C30H15BN6/c32-14-18-6-3-8-20-21-9-4-7-19(15-33)29(21)37(28(18)20)31-23-11-1-2-13-25(23)36-26-16-34-17-35-27(26)22-10-5-12-24(31)30(22)36/h1-13,16-17H. The van der Waals surface area contributed by atoms with Crippen molar-refractivity contribution in [2.24, 2.45) is 0 Å². The van der Waals surface area contributed by atoms with Crippen LogP contribution in [-0.4, -0.2) is 25.9 Å². The van der Waals surface area contributed by atoms with Crippen LogP contribution in [-0.2, 0) is 0 Å². The molecular weight excluding hydrogens is 455 g/mol. The van der Waals surface area contributed by atoms with E-state index < -0.39 is 0 Å². The van der Waals surface area contributed by atoms with Gasteiger partial charge in [-0.1, -0.05) is 60.7 Å². The van der Waals surface area contributed by atoms with Crippen LogP contribution in [0.25, 0.3) is 49.4 Å². The van der Waals surface area contributed by atoms with Crippen molar-refractivity contribution in [3.63, 3.8) is 0 Å². The molecule has 7 aromatic rings. The fourth-order valence-electron chi connectivity index (χ4n) is 6.25. The Morgan fingerprint density at radius 1 is 0.676 bits per heavy atom. The summed E-state index contributed by atoms with van der Waals surface area (Å²) in [5, 5.41) is 23.3. The molecule has 1 aliphatic rings. The van der Waals surface area contributed by atoms with Crippen LogP contribution < -0.4 is 10.9 Å². The zero-order chi connectivity index (χ0) is 24.7. The van der Waals surface area contributed by atoms with Gasteiger partial charge in [0.25, 0.3) is 0 Å². The lowest BCUT2D eigenvalue weighted by atomic mass is 9.48. The number of nitriles is 2. The molecule has 0 radical (unpaired) electrons. The SMILES string of the molecule is N#Cc1cccc2c3cccc(C#N)c3n(B3c4ccccc4-n4c5cncnc5c5cccc3c54)c12. The Kier molecular flexibility index (Phi) is 3.79. The lowest BCUT2D eigenvalue weighted by molar-refractivity contribution is 1.14. The van der Waals surface area contributed by atoms with Crippen molar-refractivity contribution in [1.82, 2.24) is 19.0 Å². The largest absolute Gasteiger partial charge is 0.374 e. The van der Waals surface area contributed by atoms with Crippen LogP contribution >= 0.6 is 0 Å². The summed E-state index contributed by atoms with van der Waals surface area (Å²) in [5.74, 6) is 0. The van der Waals surface area contributed by atoms with Crippen molar-refractivity contribution in [2.75, 3.05) is 0 Å². The quantitative estimate of drug-likeness (QED) is 0.333. The molecule has 0 bridgehead atoms. The van der Waals surface area contributed by atoms with Crippen LogP contribution in [0.15, 0.2) is 91.4 Å². The summed E-state index contributed by atoms with van der Waals surface area (Å²) in [6.45, 7) is -0.256.